The Kier molecular flexibility index (Phi) is 4.02. The molecule has 7 heteroatoms. The zero-order valence-corrected chi connectivity index (χ0v) is 13.3. The van der Waals surface area contributed by atoms with Gasteiger partial charge in [-0.1, -0.05) is 12.1 Å². The summed E-state index contributed by atoms with van der Waals surface area (Å²) in [7, 11) is 1.75. The first-order valence-electron chi connectivity index (χ1n) is 7.65. The average Bonchev–Trinajstić information content (AvgIpc) is 3.07. The van der Waals surface area contributed by atoms with E-state index in [0.717, 1.165) is 18.4 Å². The van der Waals surface area contributed by atoms with E-state index in [1.54, 1.807) is 19.2 Å². The van der Waals surface area contributed by atoms with Crippen molar-refractivity contribution in [3.8, 4) is 0 Å². The Morgan fingerprint density at radius 2 is 2.13 bits per heavy atom. The highest BCUT2D eigenvalue weighted by atomic mass is 19.1. The van der Waals surface area contributed by atoms with E-state index in [4.69, 9.17) is 0 Å². The van der Waals surface area contributed by atoms with Gasteiger partial charge in [-0.05, 0) is 43.9 Å². The molecule has 6 nitrogen and oxygen atoms in total. The number of likely N-dealkylation sites (tertiary alicyclic amines) is 1. The van der Waals surface area contributed by atoms with Crippen molar-refractivity contribution in [2.24, 2.45) is 7.05 Å². The summed E-state index contributed by atoms with van der Waals surface area (Å²) in [5.41, 5.74) is 0.723. The highest BCUT2D eigenvalue weighted by molar-refractivity contribution is 5.88. The normalized spacial score (nSPS) is 20.7. The number of halogens is 1. The summed E-state index contributed by atoms with van der Waals surface area (Å²) in [5, 5.41) is 6.81. The van der Waals surface area contributed by atoms with E-state index in [1.165, 1.54) is 23.1 Å². The highest BCUT2D eigenvalue weighted by Gasteiger charge is 2.39. The number of aromatic nitrogens is 3. The third-order valence-corrected chi connectivity index (χ3v) is 4.31. The Hall–Kier alpha value is -2.44. The SMILES string of the molecule is Cn1cnc(NC(=O)N2CCCC2(C)Cc2ccc(F)cc2)n1. The molecule has 0 spiro atoms. The van der Waals surface area contributed by atoms with Gasteiger partial charge in [-0.25, -0.2) is 14.2 Å². The summed E-state index contributed by atoms with van der Waals surface area (Å²) in [6.45, 7) is 2.76. The molecule has 0 aliphatic carbocycles. The Labute approximate surface area is 134 Å². The van der Waals surface area contributed by atoms with Crippen LogP contribution in [-0.4, -0.2) is 37.8 Å². The molecule has 1 fully saturated rings. The minimum absolute atomic E-state index is 0.196. The Morgan fingerprint density at radius 3 is 2.78 bits per heavy atom. The van der Waals surface area contributed by atoms with Crippen molar-refractivity contribution in [2.75, 3.05) is 11.9 Å². The molecule has 0 saturated carbocycles. The average molecular weight is 317 g/mol. The van der Waals surface area contributed by atoms with Gasteiger partial charge in [0.05, 0.1) is 0 Å². The van der Waals surface area contributed by atoms with Crippen LogP contribution in [0.3, 0.4) is 0 Å². The number of nitrogens with one attached hydrogen (secondary N) is 1. The monoisotopic (exact) mass is 317 g/mol. The molecule has 1 aliphatic heterocycles. The predicted octanol–water partition coefficient (Wildman–Crippen LogP) is 2.58. The van der Waals surface area contributed by atoms with Gasteiger partial charge >= 0.3 is 6.03 Å². The number of amides is 2. The number of urea groups is 1. The van der Waals surface area contributed by atoms with E-state index in [0.29, 0.717) is 18.9 Å². The number of benzene rings is 1. The van der Waals surface area contributed by atoms with Crippen LogP contribution in [0.2, 0.25) is 0 Å². The van der Waals surface area contributed by atoms with Crippen molar-refractivity contribution in [3.05, 3.63) is 42.0 Å². The van der Waals surface area contributed by atoms with E-state index in [9.17, 15) is 9.18 Å². The van der Waals surface area contributed by atoms with E-state index >= 15 is 0 Å². The summed E-state index contributed by atoms with van der Waals surface area (Å²) in [6, 6.07) is 6.26. The summed E-state index contributed by atoms with van der Waals surface area (Å²) < 4.78 is 14.6. The van der Waals surface area contributed by atoms with E-state index in [2.05, 4.69) is 22.3 Å². The van der Waals surface area contributed by atoms with E-state index in [1.807, 2.05) is 4.90 Å². The number of nitrogens with zero attached hydrogens (tertiary/aromatic N) is 4. The maximum absolute atomic E-state index is 13.1. The van der Waals surface area contributed by atoms with E-state index < -0.39 is 0 Å². The summed E-state index contributed by atoms with van der Waals surface area (Å²) >= 11 is 0. The lowest BCUT2D eigenvalue weighted by Gasteiger charge is -2.35. The van der Waals surface area contributed by atoms with Gasteiger partial charge in [0.1, 0.15) is 12.1 Å². The van der Waals surface area contributed by atoms with Gasteiger partial charge in [-0.2, -0.15) is 0 Å². The van der Waals surface area contributed by atoms with Gasteiger partial charge in [-0.3, -0.25) is 10.00 Å². The zero-order chi connectivity index (χ0) is 16.4. The van der Waals surface area contributed by atoms with Gasteiger partial charge in [0.15, 0.2) is 0 Å². The van der Waals surface area contributed by atoms with Crippen molar-refractivity contribution in [1.29, 1.82) is 0 Å². The number of hydrogen-bond acceptors (Lipinski definition) is 3. The number of aryl methyl sites for hydroxylation is 1. The molecule has 23 heavy (non-hydrogen) atoms. The van der Waals surface area contributed by atoms with Crippen LogP contribution in [0.1, 0.15) is 25.3 Å². The molecule has 1 unspecified atom stereocenters. The molecule has 2 heterocycles. The molecule has 2 aromatic rings. The fourth-order valence-electron chi connectivity index (χ4n) is 3.16. The number of rotatable bonds is 3. The van der Waals surface area contributed by atoms with E-state index in [-0.39, 0.29) is 17.4 Å². The van der Waals surface area contributed by atoms with Gasteiger partial charge in [0.25, 0.3) is 0 Å². The first-order valence-corrected chi connectivity index (χ1v) is 7.65. The van der Waals surface area contributed by atoms with Crippen molar-refractivity contribution < 1.29 is 9.18 Å². The molecule has 1 aliphatic rings. The summed E-state index contributed by atoms with van der Waals surface area (Å²) in [4.78, 5) is 18.4. The molecule has 1 aromatic carbocycles. The summed E-state index contributed by atoms with van der Waals surface area (Å²) in [5.74, 6) is 0.0506. The molecular weight excluding hydrogens is 297 g/mol. The molecule has 1 saturated heterocycles. The summed E-state index contributed by atoms with van der Waals surface area (Å²) in [6.07, 6.45) is 4.09. The first-order chi connectivity index (χ1) is 11.0. The third-order valence-electron chi connectivity index (χ3n) is 4.31. The van der Waals surface area contributed by atoms with Crippen molar-refractivity contribution in [2.45, 2.75) is 31.7 Å². The molecule has 1 aromatic heterocycles. The number of carbonyl (C=O) groups excluding carboxylic acids is 1. The maximum Gasteiger partial charge on any atom is 0.324 e. The quantitative estimate of drug-likeness (QED) is 0.946. The fourth-order valence-corrected chi connectivity index (χ4v) is 3.16. The topological polar surface area (TPSA) is 63.1 Å². The standard InChI is InChI=1S/C16H20FN5O/c1-16(10-12-4-6-13(17)7-5-12)8-3-9-22(16)15(23)19-14-18-11-21(2)20-14/h4-7,11H,3,8-10H2,1-2H3,(H,19,20,23). The van der Waals surface area contributed by atoms with Gasteiger partial charge in [0, 0.05) is 19.1 Å². The van der Waals surface area contributed by atoms with Crippen LogP contribution in [0.4, 0.5) is 15.1 Å². The minimum atomic E-state index is -0.295. The number of hydrogen-bond donors (Lipinski definition) is 1. The molecule has 1 N–H and O–H groups in total. The first kappa shape index (κ1) is 15.5. The Balaban J connectivity index is 1.72. The third kappa shape index (κ3) is 3.33. The molecule has 0 bridgehead atoms. The lowest BCUT2D eigenvalue weighted by molar-refractivity contribution is 0.167. The van der Waals surface area contributed by atoms with Crippen LogP contribution in [0.25, 0.3) is 0 Å². The lowest BCUT2D eigenvalue weighted by Crippen LogP contribution is -2.48. The van der Waals surface area contributed by atoms with Crippen LogP contribution in [0.5, 0.6) is 0 Å². The second kappa shape index (κ2) is 5.98. The van der Waals surface area contributed by atoms with Gasteiger partial charge in [-0.15, -0.1) is 5.10 Å². The second-order valence-corrected chi connectivity index (χ2v) is 6.23. The number of carbonyl (C=O) groups is 1. The van der Waals surface area contributed by atoms with Gasteiger partial charge in [0.2, 0.25) is 5.95 Å². The molecule has 2 amide bonds. The molecule has 1 atom stereocenters. The predicted molar refractivity (Wildman–Crippen MR) is 84.5 cm³/mol. The van der Waals surface area contributed by atoms with Crippen LogP contribution in [0, 0.1) is 5.82 Å². The molecule has 122 valence electrons. The molecule has 0 radical (unpaired) electrons. The number of anilines is 1. The molecular formula is C16H20FN5O. The largest absolute Gasteiger partial charge is 0.324 e. The fraction of sp³-hybridized carbons (Fsp3) is 0.438. The van der Waals surface area contributed by atoms with Crippen molar-refractivity contribution >= 4 is 12.0 Å². The molecule has 3 rings (SSSR count). The van der Waals surface area contributed by atoms with Crippen molar-refractivity contribution in [3.63, 3.8) is 0 Å². The lowest BCUT2D eigenvalue weighted by atomic mass is 9.90. The van der Waals surface area contributed by atoms with Crippen LogP contribution in [-0.2, 0) is 13.5 Å². The van der Waals surface area contributed by atoms with Crippen LogP contribution in [0.15, 0.2) is 30.6 Å². The Bertz CT molecular complexity index is 699. The maximum atomic E-state index is 13.1. The smallest absolute Gasteiger partial charge is 0.319 e. The van der Waals surface area contributed by atoms with Crippen LogP contribution >= 0.6 is 0 Å². The Morgan fingerprint density at radius 1 is 1.39 bits per heavy atom. The van der Waals surface area contributed by atoms with Crippen LogP contribution < -0.4 is 5.32 Å². The van der Waals surface area contributed by atoms with Gasteiger partial charge < -0.3 is 4.90 Å². The minimum Gasteiger partial charge on any atom is -0.319 e. The van der Waals surface area contributed by atoms with Crippen molar-refractivity contribution in [1.82, 2.24) is 19.7 Å². The zero-order valence-electron chi connectivity index (χ0n) is 13.3. The second-order valence-electron chi connectivity index (χ2n) is 6.23. The highest BCUT2D eigenvalue weighted by Crippen LogP contribution is 2.32.